The van der Waals surface area contributed by atoms with Crippen molar-refractivity contribution in [2.24, 2.45) is 5.41 Å². The zero-order valence-electron chi connectivity index (χ0n) is 21.8. The number of nitrogens with zero attached hydrogens (tertiary/aromatic N) is 5. The van der Waals surface area contributed by atoms with Crippen LogP contribution in [0.25, 0.3) is 11.2 Å². The molecule has 0 aliphatic carbocycles. The van der Waals surface area contributed by atoms with E-state index in [-0.39, 0.29) is 29.1 Å². The van der Waals surface area contributed by atoms with E-state index in [2.05, 4.69) is 20.0 Å². The van der Waals surface area contributed by atoms with Gasteiger partial charge in [0.1, 0.15) is 12.6 Å². The molecule has 0 spiro atoms. The fourth-order valence-electron chi connectivity index (χ4n) is 3.62. The number of halogens is 2. The number of hydrogen-bond acceptors (Lipinski definition) is 11. The summed E-state index contributed by atoms with van der Waals surface area (Å²) in [5, 5.41) is 12.9. The molecule has 0 bridgehead atoms. The quantitative estimate of drug-likeness (QED) is 0.307. The molecule has 6 atom stereocenters. The third kappa shape index (κ3) is 6.17. The van der Waals surface area contributed by atoms with Gasteiger partial charge in [0.25, 0.3) is 14.0 Å². The SMILES string of the molecule is C[C@H](N[PH](=O)OC[C@@]1(F)O[C@@H](n2cnc3c(N(C)C)nc(N)nc32)[C@](C)(F)[C@@H]1O)C(=O)OCC(C)(C)C. The van der Waals surface area contributed by atoms with E-state index >= 15 is 8.78 Å². The fourth-order valence-corrected chi connectivity index (χ4v) is 4.50. The molecule has 0 amide bonds. The molecule has 0 radical (unpaired) electrons. The number of carbonyl (C=O) groups is 1. The smallest absolute Gasteiger partial charge is 0.323 e. The molecule has 2 aromatic rings. The number of nitrogen functional groups attached to an aromatic ring is 1. The molecule has 16 heteroatoms. The third-order valence-electron chi connectivity index (χ3n) is 5.57. The van der Waals surface area contributed by atoms with Crippen LogP contribution < -0.4 is 15.7 Å². The van der Waals surface area contributed by atoms with Gasteiger partial charge in [-0.05, 0) is 19.3 Å². The highest BCUT2D eigenvalue weighted by Crippen LogP contribution is 2.49. The number of imidazole rings is 1. The van der Waals surface area contributed by atoms with Gasteiger partial charge >= 0.3 is 5.97 Å². The van der Waals surface area contributed by atoms with Crippen molar-refractivity contribution in [1.29, 1.82) is 0 Å². The summed E-state index contributed by atoms with van der Waals surface area (Å²) in [5.41, 5.74) is 3.14. The summed E-state index contributed by atoms with van der Waals surface area (Å²) in [5.74, 6) is -3.56. The molecule has 3 heterocycles. The second kappa shape index (κ2) is 10.4. The van der Waals surface area contributed by atoms with E-state index in [0.29, 0.717) is 5.82 Å². The molecule has 1 saturated heterocycles. The Kier molecular flexibility index (Phi) is 8.16. The molecule has 1 unspecified atom stereocenters. The van der Waals surface area contributed by atoms with Gasteiger partial charge in [-0.1, -0.05) is 20.8 Å². The van der Waals surface area contributed by atoms with E-state index < -0.39 is 50.7 Å². The zero-order chi connectivity index (χ0) is 27.9. The van der Waals surface area contributed by atoms with Crippen LogP contribution in [0.15, 0.2) is 6.33 Å². The van der Waals surface area contributed by atoms with Crippen LogP contribution in [0.4, 0.5) is 20.5 Å². The molecule has 208 valence electrons. The molecule has 3 rings (SSSR count). The van der Waals surface area contributed by atoms with E-state index in [4.69, 9.17) is 19.7 Å². The summed E-state index contributed by atoms with van der Waals surface area (Å²) < 4.78 is 60.2. The molecule has 1 fully saturated rings. The van der Waals surface area contributed by atoms with E-state index in [1.54, 1.807) is 19.0 Å². The minimum absolute atomic E-state index is 0.0558. The van der Waals surface area contributed by atoms with Gasteiger partial charge in [0.15, 0.2) is 35.0 Å². The molecule has 0 saturated carbocycles. The highest BCUT2D eigenvalue weighted by molar-refractivity contribution is 7.36. The average molecular weight is 550 g/mol. The van der Waals surface area contributed by atoms with Crippen molar-refractivity contribution in [3.8, 4) is 0 Å². The number of esters is 1. The minimum atomic E-state index is -3.21. The van der Waals surface area contributed by atoms with Gasteiger partial charge in [-0.15, -0.1) is 0 Å². The number of aliphatic hydroxyl groups is 1. The van der Waals surface area contributed by atoms with E-state index in [0.717, 1.165) is 11.5 Å². The van der Waals surface area contributed by atoms with Crippen molar-refractivity contribution in [1.82, 2.24) is 24.6 Å². The number of hydrogen-bond donors (Lipinski definition) is 3. The van der Waals surface area contributed by atoms with Gasteiger partial charge in [-0.3, -0.25) is 13.9 Å². The first-order valence-electron chi connectivity index (χ1n) is 11.5. The van der Waals surface area contributed by atoms with Crippen LogP contribution >= 0.6 is 8.18 Å². The van der Waals surface area contributed by atoms with Gasteiger partial charge in [-0.2, -0.15) is 9.97 Å². The Labute approximate surface area is 213 Å². The van der Waals surface area contributed by atoms with Crippen LogP contribution in [-0.2, 0) is 23.4 Å². The predicted octanol–water partition coefficient (Wildman–Crippen LogP) is 1.73. The lowest BCUT2D eigenvalue weighted by molar-refractivity contribution is -0.201. The number of aromatic nitrogens is 4. The molecular weight excluding hydrogens is 515 g/mol. The summed E-state index contributed by atoms with van der Waals surface area (Å²) in [7, 11) is 0.177. The van der Waals surface area contributed by atoms with Crippen molar-refractivity contribution in [3.05, 3.63) is 6.33 Å². The number of alkyl halides is 2. The number of fused-ring (bicyclic) bond motifs is 1. The first-order chi connectivity index (χ1) is 17.0. The van der Waals surface area contributed by atoms with Gasteiger partial charge in [0.05, 0.1) is 12.9 Å². The molecule has 1 aliphatic rings. The van der Waals surface area contributed by atoms with Gasteiger partial charge < -0.3 is 29.7 Å². The Morgan fingerprint density at radius 2 is 2.05 bits per heavy atom. The lowest BCUT2D eigenvalue weighted by Crippen LogP contribution is -2.46. The standard InChI is InChI=1S/C21H34F2N7O6P/c1-11(15(31)34-8-19(2,3)4)28-37(33)35-9-21(23)16(32)20(5,22)17(36-21)30-10-25-12-13(29(6)7)26-18(24)27-14(12)30/h10-11,16-17,32,37H,8-9H2,1-7H3,(H,28,33)(H2,24,26,27)/t11-,16-,17+,20+,21+/m0/s1. The number of nitrogens with two attached hydrogens (primary N) is 1. The topological polar surface area (TPSA) is 167 Å². The number of rotatable bonds is 9. The Hall–Kier alpha value is -2.45. The van der Waals surface area contributed by atoms with Gasteiger partial charge in [0, 0.05) is 14.1 Å². The molecule has 2 aromatic heterocycles. The largest absolute Gasteiger partial charge is 0.464 e. The van der Waals surface area contributed by atoms with E-state index in [1.807, 2.05) is 20.8 Å². The highest BCUT2D eigenvalue weighted by atomic mass is 31.1. The molecule has 1 aliphatic heterocycles. The predicted molar refractivity (Wildman–Crippen MR) is 132 cm³/mol. The molecule has 4 N–H and O–H groups in total. The summed E-state index contributed by atoms with van der Waals surface area (Å²) in [6.45, 7) is 7.02. The van der Waals surface area contributed by atoms with Crippen LogP contribution in [0.3, 0.4) is 0 Å². The maximum Gasteiger partial charge on any atom is 0.323 e. The van der Waals surface area contributed by atoms with Crippen LogP contribution in [-0.4, -0.2) is 81.6 Å². The first kappa shape index (κ1) is 29.1. The van der Waals surface area contributed by atoms with Crippen molar-refractivity contribution in [2.45, 2.75) is 64.5 Å². The van der Waals surface area contributed by atoms with Crippen LogP contribution in [0, 0.1) is 5.41 Å². The van der Waals surface area contributed by atoms with Gasteiger partial charge in [-0.25, -0.2) is 18.9 Å². The summed E-state index contributed by atoms with van der Waals surface area (Å²) >= 11 is 0. The van der Waals surface area contributed by atoms with Crippen molar-refractivity contribution >= 4 is 37.1 Å². The molecule has 37 heavy (non-hydrogen) atoms. The second-order valence-corrected chi connectivity index (χ2v) is 11.7. The fraction of sp³-hybridized carbons (Fsp3) is 0.714. The van der Waals surface area contributed by atoms with Crippen LogP contribution in [0.5, 0.6) is 0 Å². The van der Waals surface area contributed by atoms with Crippen LogP contribution in [0.1, 0.15) is 40.8 Å². The number of ether oxygens (including phenoxy) is 2. The number of aliphatic hydroxyl groups excluding tert-OH is 1. The number of nitrogens with one attached hydrogen (secondary N) is 1. The van der Waals surface area contributed by atoms with Crippen molar-refractivity contribution in [2.75, 3.05) is 37.9 Å². The minimum Gasteiger partial charge on any atom is -0.464 e. The van der Waals surface area contributed by atoms with Crippen molar-refractivity contribution < 1.29 is 37.2 Å². The van der Waals surface area contributed by atoms with Crippen molar-refractivity contribution in [3.63, 3.8) is 0 Å². The summed E-state index contributed by atoms with van der Waals surface area (Å²) in [6.07, 6.45) is -2.89. The molecule has 13 nitrogen and oxygen atoms in total. The number of carbonyl (C=O) groups excluding carboxylic acids is 1. The lowest BCUT2D eigenvalue weighted by Gasteiger charge is -2.25. The number of anilines is 2. The third-order valence-corrected chi connectivity index (χ3v) is 6.64. The van der Waals surface area contributed by atoms with Crippen LogP contribution in [0.2, 0.25) is 0 Å². The second-order valence-electron chi connectivity index (χ2n) is 10.5. The first-order valence-corrected chi connectivity index (χ1v) is 12.8. The van der Waals surface area contributed by atoms with E-state index in [9.17, 15) is 14.5 Å². The zero-order valence-corrected chi connectivity index (χ0v) is 22.8. The summed E-state index contributed by atoms with van der Waals surface area (Å²) in [4.78, 5) is 26.0. The maximum atomic E-state index is 15.7. The Morgan fingerprint density at radius 3 is 2.65 bits per heavy atom. The lowest BCUT2D eigenvalue weighted by atomic mass is 9.97. The Bertz CT molecular complexity index is 1170. The normalized spacial score (nSPS) is 27.8. The summed E-state index contributed by atoms with van der Waals surface area (Å²) in [6, 6.07) is -1.02. The Balaban J connectivity index is 1.73. The molecule has 0 aromatic carbocycles. The van der Waals surface area contributed by atoms with E-state index in [1.165, 1.54) is 13.3 Å². The Morgan fingerprint density at radius 1 is 1.41 bits per heavy atom. The molecular formula is C21H34F2N7O6P. The monoisotopic (exact) mass is 549 g/mol. The highest BCUT2D eigenvalue weighted by Gasteiger charge is 2.65. The van der Waals surface area contributed by atoms with Gasteiger partial charge in [0.2, 0.25) is 5.95 Å². The average Bonchev–Trinajstić information content (AvgIpc) is 3.27. The maximum absolute atomic E-state index is 15.7.